The first-order valence-electron chi connectivity index (χ1n) is 5.59. The number of carbonyl (C=O) groups is 1. The van der Waals surface area contributed by atoms with Crippen LogP contribution in [0.4, 0.5) is 0 Å². The van der Waals surface area contributed by atoms with E-state index in [1.165, 1.54) is 17.0 Å². The highest BCUT2D eigenvalue weighted by Gasteiger charge is 2.07. The lowest BCUT2D eigenvalue weighted by Gasteiger charge is -2.11. The van der Waals surface area contributed by atoms with Gasteiger partial charge in [-0.1, -0.05) is 13.3 Å². The SMILES string of the molecule is CCCC(O)CNC(=O)Cn1cccnc1=O. The van der Waals surface area contributed by atoms with Crippen molar-refractivity contribution in [2.75, 3.05) is 6.54 Å². The molecule has 1 atom stereocenters. The molecule has 2 N–H and O–H groups in total. The number of rotatable bonds is 6. The van der Waals surface area contributed by atoms with E-state index >= 15 is 0 Å². The van der Waals surface area contributed by atoms with Crippen molar-refractivity contribution >= 4 is 5.91 Å². The largest absolute Gasteiger partial charge is 0.391 e. The molecule has 6 nitrogen and oxygen atoms in total. The van der Waals surface area contributed by atoms with E-state index < -0.39 is 11.8 Å². The lowest BCUT2D eigenvalue weighted by atomic mass is 10.2. The lowest BCUT2D eigenvalue weighted by Crippen LogP contribution is -2.36. The van der Waals surface area contributed by atoms with E-state index in [1.54, 1.807) is 6.07 Å². The molecule has 0 aliphatic heterocycles. The van der Waals surface area contributed by atoms with E-state index in [2.05, 4.69) is 10.3 Å². The number of nitrogens with zero attached hydrogens (tertiary/aromatic N) is 2. The fourth-order valence-electron chi connectivity index (χ4n) is 1.38. The number of amides is 1. The number of hydrogen-bond acceptors (Lipinski definition) is 4. The van der Waals surface area contributed by atoms with Crippen LogP contribution >= 0.6 is 0 Å². The third kappa shape index (κ3) is 4.78. The van der Waals surface area contributed by atoms with Crippen LogP contribution in [0.15, 0.2) is 23.3 Å². The Morgan fingerprint density at radius 3 is 3.06 bits per heavy atom. The van der Waals surface area contributed by atoms with Crippen LogP contribution in [0.5, 0.6) is 0 Å². The Balaban J connectivity index is 2.40. The third-order valence-corrected chi connectivity index (χ3v) is 2.25. The molecule has 94 valence electrons. The second kappa shape index (κ2) is 6.80. The molecule has 0 aliphatic rings. The van der Waals surface area contributed by atoms with Gasteiger partial charge in [0.15, 0.2) is 0 Å². The van der Waals surface area contributed by atoms with Gasteiger partial charge in [0.2, 0.25) is 5.91 Å². The Labute approximate surface area is 99.3 Å². The number of nitrogens with one attached hydrogen (secondary N) is 1. The minimum atomic E-state index is -0.533. The summed E-state index contributed by atoms with van der Waals surface area (Å²) in [7, 11) is 0. The molecule has 1 heterocycles. The van der Waals surface area contributed by atoms with E-state index in [0.717, 1.165) is 6.42 Å². The summed E-state index contributed by atoms with van der Waals surface area (Å²) in [5.74, 6) is -0.310. The van der Waals surface area contributed by atoms with E-state index in [9.17, 15) is 14.7 Å². The van der Waals surface area contributed by atoms with Crippen LogP contribution in [0.3, 0.4) is 0 Å². The summed E-state index contributed by atoms with van der Waals surface area (Å²) in [6.07, 6.45) is 3.85. The van der Waals surface area contributed by atoms with Crippen molar-refractivity contribution in [1.82, 2.24) is 14.9 Å². The summed E-state index contributed by atoms with van der Waals surface area (Å²) in [6.45, 7) is 2.09. The van der Waals surface area contributed by atoms with Gasteiger partial charge in [-0.3, -0.25) is 9.36 Å². The topological polar surface area (TPSA) is 84.2 Å². The van der Waals surface area contributed by atoms with Gasteiger partial charge in [0.25, 0.3) is 0 Å². The van der Waals surface area contributed by atoms with E-state index in [-0.39, 0.29) is 19.0 Å². The molecule has 0 bridgehead atoms. The molecular weight excluding hydrogens is 222 g/mol. The molecular formula is C11H17N3O3. The van der Waals surface area contributed by atoms with Gasteiger partial charge in [-0.15, -0.1) is 0 Å². The first kappa shape index (κ1) is 13.4. The molecule has 6 heteroatoms. The van der Waals surface area contributed by atoms with Gasteiger partial charge in [-0.25, -0.2) is 9.78 Å². The molecule has 1 rings (SSSR count). The summed E-state index contributed by atoms with van der Waals surface area (Å²) in [6, 6.07) is 1.58. The molecule has 1 aromatic heterocycles. The van der Waals surface area contributed by atoms with Crippen LogP contribution in [0.2, 0.25) is 0 Å². The summed E-state index contributed by atoms with van der Waals surface area (Å²) < 4.78 is 1.21. The zero-order chi connectivity index (χ0) is 12.7. The molecule has 1 aromatic rings. The zero-order valence-electron chi connectivity index (χ0n) is 9.80. The Kier molecular flexibility index (Phi) is 5.35. The van der Waals surface area contributed by atoms with Crippen LogP contribution in [0, 0.1) is 0 Å². The highest BCUT2D eigenvalue weighted by molar-refractivity contribution is 5.75. The molecule has 0 spiro atoms. The minimum absolute atomic E-state index is 0.0779. The predicted octanol–water partition coefficient (Wildman–Crippen LogP) is -0.480. The summed E-state index contributed by atoms with van der Waals surface area (Å²) in [4.78, 5) is 26.2. The molecule has 0 radical (unpaired) electrons. The van der Waals surface area contributed by atoms with Gasteiger partial charge in [0.05, 0.1) is 6.10 Å². The van der Waals surface area contributed by atoms with Crippen LogP contribution in [0.25, 0.3) is 0 Å². The van der Waals surface area contributed by atoms with Crippen molar-refractivity contribution in [3.05, 3.63) is 28.9 Å². The summed E-state index contributed by atoms with van der Waals surface area (Å²) in [5, 5.41) is 12.0. The number of aromatic nitrogens is 2. The van der Waals surface area contributed by atoms with Crippen molar-refractivity contribution in [1.29, 1.82) is 0 Å². The van der Waals surface area contributed by atoms with Crippen molar-refractivity contribution in [3.8, 4) is 0 Å². The number of carbonyl (C=O) groups excluding carboxylic acids is 1. The second-order valence-electron chi connectivity index (χ2n) is 3.78. The Morgan fingerprint density at radius 1 is 1.65 bits per heavy atom. The molecule has 0 aliphatic carbocycles. The fraction of sp³-hybridized carbons (Fsp3) is 0.545. The monoisotopic (exact) mass is 239 g/mol. The van der Waals surface area contributed by atoms with E-state index in [1.807, 2.05) is 6.92 Å². The van der Waals surface area contributed by atoms with Gasteiger partial charge in [-0.05, 0) is 12.5 Å². The Morgan fingerprint density at radius 2 is 2.41 bits per heavy atom. The zero-order valence-corrected chi connectivity index (χ0v) is 9.80. The van der Waals surface area contributed by atoms with Gasteiger partial charge >= 0.3 is 5.69 Å². The van der Waals surface area contributed by atoms with Gasteiger partial charge in [0.1, 0.15) is 6.54 Å². The number of aliphatic hydroxyl groups excluding tert-OH is 1. The van der Waals surface area contributed by atoms with Crippen LogP contribution in [-0.4, -0.2) is 33.2 Å². The summed E-state index contributed by atoms with van der Waals surface area (Å²) in [5.41, 5.74) is -0.461. The van der Waals surface area contributed by atoms with Gasteiger partial charge in [-0.2, -0.15) is 0 Å². The average Bonchev–Trinajstić information content (AvgIpc) is 2.30. The third-order valence-electron chi connectivity index (χ3n) is 2.25. The van der Waals surface area contributed by atoms with Gasteiger partial charge in [0, 0.05) is 18.9 Å². The average molecular weight is 239 g/mol. The normalized spacial score (nSPS) is 12.1. The van der Waals surface area contributed by atoms with Crippen LogP contribution in [-0.2, 0) is 11.3 Å². The highest BCUT2D eigenvalue weighted by atomic mass is 16.3. The van der Waals surface area contributed by atoms with Gasteiger partial charge < -0.3 is 10.4 Å². The smallest absolute Gasteiger partial charge is 0.347 e. The number of hydrogen-bond donors (Lipinski definition) is 2. The molecule has 0 aromatic carbocycles. The highest BCUT2D eigenvalue weighted by Crippen LogP contribution is 1.93. The molecule has 17 heavy (non-hydrogen) atoms. The molecule has 1 amide bonds. The first-order chi connectivity index (χ1) is 8.13. The quantitative estimate of drug-likeness (QED) is 0.702. The van der Waals surface area contributed by atoms with Crippen molar-refractivity contribution in [2.45, 2.75) is 32.4 Å². The van der Waals surface area contributed by atoms with Crippen molar-refractivity contribution in [3.63, 3.8) is 0 Å². The summed E-state index contributed by atoms with van der Waals surface area (Å²) >= 11 is 0. The van der Waals surface area contributed by atoms with Crippen molar-refractivity contribution < 1.29 is 9.90 Å². The van der Waals surface area contributed by atoms with Crippen molar-refractivity contribution in [2.24, 2.45) is 0 Å². The molecule has 0 saturated heterocycles. The maximum absolute atomic E-state index is 11.5. The maximum Gasteiger partial charge on any atom is 0.347 e. The van der Waals surface area contributed by atoms with Crippen LogP contribution in [0.1, 0.15) is 19.8 Å². The van der Waals surface area contributed by atoms with E-state index in [4.69, 9.17) is 0 Å². The Bertz CT molecular complexity index is 416. The second-order valence-corrected chi connectivity index (χ2v) is 3.78. The molecule has 0 saturated carbocycles. The fourth-order valence-corrected chi connectivity index (χ4v) is 1.38. The lowest BCUT2D eigenvalue weighted by molar-refractivity contribution is -0.122. The van der Waals surface area contributed by atoms with Crippen LogP contribution < -0.4 is 11.0 Å². The molecule has 0 fully saturated rings. The number of aliphatic hydroxyl groups is 1. The molecule has 1 unspecified atom stereocenters. The first-order valence-corrected chi connectivity index (χ1v) is 5.59. The minimum Gasteiger partial charge on any atom is -0.391 e. The Hall–Kier alpha value is -1.69. The van der Waals surface area contributed by atoms with E-state index in [0.29, 0.717) is 6.42 Å². The predicted molar refractivity (Wildman–Crippen MR) is 62.4 cm³/mol. The standard InChI is InChI=1S/C11H17N3O3/c1-2-4-9(15)7-13-10(16)8-14-6-3-5-12-11(14)17/h3,5-6,9,15H,2,4,7-8H2,1H3,(H,13,16). The maximum atomic E-state index is 11.5.